The molecule has 1 fully saturated rings. The van der Waals surface area contributed by atoms with E-state index in [4.69, 9.17) is 11.6 Å². The Labute approximate surface area is 116 Å². The van der Waals surface area contributed by atoms with Crippen LogP contribution >= 0.6 is 35.3 Å². The molecule has 0 bridgehead atoms. The van der Waals surface area contributed by atoms with Crippen molar-refractivity contribution in [1.82, 2.24) is 10.6 Å². The van der Waals surface area contributed by atoms with E-state index in [9.17, 15) is 4.79 Å². The molecule has 3 nitrogen and oxygen atoms in total. The van der Waals surface area contributed by atoms with Crippen LogP contribution in [0.3, 0.4) is 0 Å². The normalized spacial score (nSPS) is 18.2. The van der Waals surface area contributed by atoms with Crippen molar-refractivity contribution in [2.75, 3.05) is 13.1 Å². The lowest BCUT2D eigenvalue weighted by molar-refractivity contribution is 0.0892. The van der Waals surface area contributed by atoms with Gasteiger partial charge in [-0.1, -0.05) is 11.6 Å². The lowest BCUT2D eigenvalue weighted by atomic mass is 9.90. The molecule has 96 valence electrons. The number of amides is 1. The summed E-state index contributed by atoms with van der Waals surface area (Å²) in [6, 6.07) is 3.53. The van der Waals surface area contributed by atoms with Gasteiger partial charge in [0, 0.05) is 5.54 Å². The standard InChI is InChI=1S/C11H15ClN2OS.ClH/c1-11(4-6-13-7-5-11)14-10(15)8-2-3-9(12)16-8;/h2-3,13H,4-7H2,1H3,(H,14,15);1H. The van der Waals surface area contributed by atoms with Crippen molar-refractivity contribution in [3.8, 4) is 0 Å². The fraction of sp³-hybridized carbons (Fsp3) is 0.545. The van der Waals surface area contributed by atoms with Gasteiger partial charge in [-0.05, 0) is 45.0 Å². The number of halogens is 2. The zero-order valence-corrected chi connectivity index (χ0v) is 12.0. The fourth-order valence-electron chi connectivity index (χ4n) is 1.88. The fourth-order valence-corrected chi connectivity index (χ4v) is 2.81. The first-order valence-electron chi connectivity index (χ1n) is 5.38. The van der Waals surface area contributed by atoms with E-state index in [1.807, 2.05) is 0 Å². The van der Waals surface area contributed by atoms with Crippen LogP contribution in [0, 0.1) is 0 Å². The highest BCUT2D eigenvalue weighted by molar-refractivity contribution is 7.18. The number of carbonyl (C=O) groups excluding carboxylic acids is 1. The molecule has 1 amide bonds. The van der Waals surface area contributed by atoms with Crippen LogP contribution in [0.5, 0.6) is 0 Å². The average molecular weight is 295 g/mol. The van der Waals surface area contributed by atoms with Crippen molar-refractivity contribution < 1.29 is 4.79 Å². The summed E-state index contributed by atoms with van der Waals surface area (Å²) >= 11 is 7.13. The lowest BCUT2D eigenvalue weighted by Gasteiger charge is -2.34. The molecule has 0 aromatic carbocycles. The number of piperidine rings is 1. The van der Waals surface area contributed by atoms with Gasteiger partial charge < -0.3 is 10.6 Å². The third-order valence-corrected chi connectivity index (χ3v) is 4.15. The smallest absolute Gasteiger partial charge is 0.261 e. The molecule has 0 radical (unpaired) electrons. The SMILES string of the molecule is CC1(NC(=O)c2ccc(Cl)s2)CCNCC1.Cl. The molecule has 0 unspecified atom stereocenters. The van der Waals surface area contributed by atoms with E-state index >= 15 is 0 Å². The van der Waals surface area contributed by atoms with Gasteiger partial charge in [-0.15, -0.1) is 23.7 Å². The molecule has 1 aliphatic heterocycles. The summed E-state index contributed by atoms with van der Waals surface area (Å²) in [5.74, 6) is -0.0127. The number of hydrogen-bond donors (Lipinski definition) is 2. The molecular formula is C11H16Cl2N2OS. The van der Waals surface area contributed by atoms with E-state index in [0.717, 1.165) is 25.9 Å². The summed E-state index contributed by atoms with van der Waals surface area (Å²) in [6.45, 7) is 4.02. The van der Waals surface area contributed by atoms with Gasteiger partial charge >= 0.3 is 0 Å². The zero-order valence-electron chi connectivity index (χ0n) is 9.59. The molecule has 0 aliphatic carbocycles. The van der Waals surface area contributed by atoms with Crippen molar-refractivity contribution in [3.63, 3.8) is 0 Å². The van der Waals surface area contributed by atoms with Gasteiger partial charge in [0.15, 0.2) is 0 Å². The first kappa shape index (κ1) is 14.8. The molecule has 2 heterocycles. The second kappa shape index (κ2) is 6.05. The number of nitrogens with one attached hydrogen (secondary N) is 2. The Morgan fingerprint density at radius 2 is 2.12 bits per heavy atom. The van der Waals surface area contributed by atoms with E-state index in [0.29, 0.717) is 9.21 Å². The van der Waals surface area contributed by atoms with Crippen molar-refractivity contribution in [2.24, 2.45) is 0 Å². The van der Waals surface area contributed by atoms with Crippen molar-refractivity contribution in [1.29, 1.82) is 0 Å². The Balaban J connectivity index is 0.00000144. The molecule has 6 heteroatoms. The second-order valence-electron chi connectivity index (χ2n) is 4.37. The third kappa shape index (κ3) is 3.85. The first-order chi connectivity index (χ1) is 7.59. The maximum absolute atomic E-state index is 12.0. The Morgan fingerprint density at radius 1 is 1.47 bits per heavy atom. The number of carbonyl (C=O) groups is 1. The van der Waals surface area contributed by atoms with Gasteiger partial charge in [-0.2, -0.15) is 0 Å². The topological polar surface area (TPSA) is 41.1 Å². The van der Waals surface area contributed by atoms with E-state index in [1.54, 1.807) is 12.1 Å². The van der Waals surface area contributed by atoms with Crippen LogP contribution in [0.25, 0.3) is 0 Å². The molecule has 2 N–H and O–H groups in total. The molecule has 1 saturated heterocycles. The summed E-state index contributed by atoms with van der Waals surface area (Å²) in [7, 11) is 0. The minimum atomic E-state index is -0.0845. The minimum absolute atomic E-state index is 0. The van der Waals surface area contributed by atoms with Gasteiger partial charge in [0.05, 0.1) is 9.21 Å². The predicted octanol–water partition coefficient (Wildman–Crippen LogP) is 2.70. The maximum atomic E-state index is 12.0. The molecule has 1 aliphatic rings. The van der Waals surface area contributed by atoms with E-state index in [1.165, 1.54) is 11.3 Å². The monoisotopic (exact) mass is 294 g/mol. The molecule has 0 saturated carbocycles. The van der Waals surface area contributed by atoms with Gasteiger partial charge in [0.1, 0.15) is 0 Å². The molecule has 1 aromatic rings. The van der Waals surface area contributed by atoms with Gasteiger partial charge in [-0.25, -0.2) is 0 Å². The highest BCUT2D eigenvalue weighted by Gasteiger charge is 2.28. The van der Waals surface area contributed by atoms with Crippen LogP contribution in [0.2, 0.25) is 4.34 Å². The quantitative estimate of drug-likeness (QED) is 0.881. The van der Waals surface area contributed by atoms with Gasteiger partial charge in [-0.3, -0.25) is 4.79 Å². The molecule has 17 heavy (non-hydrogen) atoms. The molecule has 2 rings (SSSR count). The van der Waals surface area contributed by atoms with E-state index in [-0.39, 0.29) is 23.9 Å². The van der Waals surface area contributed by atoms with Crippen molar-refractivity contribution >= 4 is 41.3 Å². The minimum Gasteiger partial charge on any atom is -0.346 e. The van der Waals surface area contributed by atoms with Crippen molar-refractivity contribution in [2.45, 2.75) is 25.3 Å². The largest absolute Gasteiger partial charge is 0.346 e. The Kier molecular flexibility index (Phi) is 5.25. The number of thiophene rings is 1. The average Bonchev–Trinajstić information content (AvgIpc) is 2.65. The van der Waals surface area contributed by atoms with Crippen LogP contribution in [0.4, 0.5) is 0 Å². The van der Waals surface area contributed by atoms with Crippen LogP contribution in [-0.2, 0) is 0 Å². The van der Waals surface area contributed by atoms with E-state index in [2.05, 4.69) is 17.6 Å². The summed E-state index contributed by atoms with van der Waals surface area (Å²) in [6.07, 6.45) is 1.94. The van der Waals surface area contributed by atoms with Crippen LogP contribution < -0.4 is 10.6 Å². The highest BCUT2D eigenvalue weighted by atomic mass is 35.5. The maximum Gasteiger partial charge on any atom is 0.261 e. The van der Waals surface area contributed by atoms with Crippen molar-refractivity contribution in [3.05, 3.63) is 21.3 Å². The summed E-state index contributed by atoms with van der Waals surface area (Å²) in [5, 5.41) is 6.38. The highest BCUT2D eigenvalue weighted by Crippen LogP contribution is 2.23. The second-order valence-corrected chi connectivity index (χ2v) is 6.08. The molecule has 0 atom stereocenters. The summed E-state index contributed by atoms with van der Waals surface area (Å²) in [5.41, 5.74) is -0.0845. The van der Waals surface area contributed by atoms with Crippen LogP contribution in [0.1, 0.15) is 29.4 Å². The number of rotatable bonds is 2. The summed E-state index contributed by atoms with van der Waals surface area (Å²) < 4.78 is 0.653. The Bertz CT molecular complexity index is 389. The lowest BCUT2D eigenvalue weighted by Crippen LogP contribution is -2.52. The Morgan fingerprint density at radius 3 is 2.65 bits per heavy atom. The van der Waals surface area contributed by atoms with Crippen LogP contribution in [-0.4, -0.2) is 24.5 Å². The predicted molar refractivity (Wildman–Crippen MR) is 74.6 cm³/mol. The molecular weight excluding hydrogens is 279 g/mol. The Hall–Kier alpha value is -0.290. The van der Waals surface area contributed by atoms with Crippen LogP contribution in [0.15, 0.2) is 12.1 Å². The van der Waals surface area contributed by atoms with Gasteiger partial charge in [0.25, 0.3) is 5.91 Å². The first-order valence-corrected chi connectivity index (χ1v) is 6.57. The van der Waals surface area contributed by atoms with Gasteiger partial charge in [0.2, 0.25) is 0 Å². The van der Waals surface area contributed by atoms with E-state index < -0.39 is 0 Å². The number of hydrogen-bond acceptors (Lipinski definition) is 3. The third-order valence-electron chi connectivity index (χ3n) is 2.92. The molecule has 1 aromatic heterocycles. The molecule has 0 spiro atoms. The summed E-state index contributed by atoms with van der Waals surface area (Å²) in [4.78, 5) is 12.6. The zero-order chi connectivity index (χ0) is 11.6.